The molecular formula is C16H11Cl2N3O2. The number of aryl methyl sites for hydroxylation is 1. The highest BCUT2D eigenvalue weighted by Crippen LogP contribution is 2.33. The lowest BCUT2D eigenvalue weighted by Crippen LogP contribution is -2.16. The summed E-state index contributed by atoms with van der Waals surface area (Å²) in [5, 5.41) is 19.4. The first kappa shape index (κ1) is 15.5. The third kappa shape index (κ3) is 2.81. The highest BCUT2D eigenvalue weighted by atomic mass is 35.5. The van der Waals surface area contributed by atoms with Crippen molar-refractivity contribution in [1.29, 1.82) is 0 Å². The van der Waals surface area contributed by atoms with Crippen molar-refractivity contribution in [2.75, 3.05) is 0 Å². The summed E-state index contributed by atoms with van der Waals surface area (Å²) in [6.45, 7) is 0. The average Bonchev–Trinajstić information content (AvgIpc) is 2.56. The SMILES string of the molecule is Cn1c(=O)c(N=Nc2ccc(Cl)c(Cl)c2)c(O)c2ccccc21. The van der Waals surface area contributed by atoms with Gasteiger partial charge in [-0.1, -0.05) is 35.3 Å². The van der Waals surface area contributed by atoms with Crippen LogP contribution >= 0.6 is 23.2 Å². The molecule has 5 nitrogen and oxygen atoms in total. The van der Waals surface area contributed by atoms with Gasteiger partial charge in [0.05, 0.1) is 21.2 Å². The Morgan fingerprint density at radius 3 is 2.52 bits per heavy atom. The van der Waals surface area contributed by atoms with Crippen molar-refractivity contribution in [3.8, 4) is 5.75 Å². The van der Waals surface area contributed by atoms with Gasteiger partial charge in [-0.05, 0) is 30.3 Å². The smallest absolute Gasteiger partial charge is 0.282 e. The van der Waals surface area contributed by atoms with E-state index >= 15 is 0 Å². The summed E-state index contributed by atoms with van der Waals surface area (Å²) in [6.07, 6.45) is 0. The van der Waals surface area contributed by atoms with E-state index in [4.69, 9.17) is 23.2 Å². The first-order valence-corrected chi connectivity index (χ1v) is 7.42. The van der Waals surface area contributed by atoms with Crippen molar-refractivity contribution in [1.82, 2.24) is 4.57 Å². The largest absolute Gasteiger partial charge is 0.505 e. The second kappa shape index (κ2) is 6.02. The molecule has 116 valence electrons. The number of azo groups is 1. The Bertz CT molecular complexity index is 997. The molecule has 2 aromatic carbocycles. The van der Waals surface area contributed by atoms with E-state index in [1.54, 1.807) is 43.4 Å². The van der Waals surface area contributed by atoms with Crippen molar-refractivity contribution < 1.29 is 5.11 Å². The fourth-order valence-corrected chi connectivity index (χ4v) is 2.50. The minimum Gasteiger partial charge on any atom is -0.505 e. The summed E-state index contributed by atoms with van der Waals surface area (Å²) in [4.78, 5) is 12.3. The van der Waals surface area contributed by atoms with Gasteiger partial charge in [0.2, 0.25) is 0 Å². The van der Waals surface area contributed by atoms with E-state index in [9.17, 15) is 9.90 Å². The zero-order valence-electron chi connectivity index (χ0n) is 12.0. The second-order valence-corrected chi connectivity index (χ2v) is 5.69. The van der Waals surface area contributed by atoms with Crippen LogP contribution in [-0.4, -0.2) is 9.67 Å². The molecule has 1 heterocycles. The number of hydrogen-bond acceptors (Lipinski definition) is 4. The zero-order chi connectivity index (χ0) is 16.6. The van der Waals surface area contributed by atoms with Gasteiger partial charge in [0.15, 0.2) is 11.4 Å². The van der Waals surface area contributed by atoms with Crippen LogP contribution in [0.1, 0.15) is 0 Å². The third-order valence-electron chi connectivity index (χ3n) is 3.42. The highest BCUT2D eigenvalue weighted by Gasteiger charge is 2.14. The molecule has 0 unspecified atom stereocenters. The summed E-state index contributed by atoms with van der Waals surface area (Å²) in [5.74, 6) is -0.201. The molecule has 23 heavy (non-hydrogen) atoms. The quantitative estimate of drug-likeness (QED) is 0.665. The lowest BCUT2D eigenvalue weighted by Gasteiger charge is -2.08. The maximum atomic E-state index is 12.3. The molecule has 1 aromatic heterocycles. The first-order chi connectivity index (χ1) is 11.0. The molecule has 0 atom stereocenters. The number of aromatic hydroxyl groups is 1. The molecule has 0 fully saturated rings. The number of halogens is 2. The third-order valence-corrected chi connectivity index (χ3v) is 4.16. The molecule has 7 heteroatoms. The van der Waals surface area contributed by atoms with Crippen LogP contribution in [0.2, 0.25) is 10.0 Å². The van der Waals surface area contributed by atoms with Crippen LogP contribution in [0.25, 0.3) is 10.9 Å². The minimum absolute atomic E-state index is 0.128. The van der Waals surface area contributed by atoms with Gasteiger partial charge in [0, 0.05) is 12.4 Å². The lowest BCUT2D eigenvalue weighted by atomic mass is 10.2. The van der Waals surface area contributed by atoms with Gasteiger partial charge >= 0.3 is 0 Å². The maximum absolute atomic E-state index is 12.3. The van der Waals surface area contributed by atoms with E-state index in [0.29, 0.717) is 26.6 Å². The monoisotopic (exact) mass is 347 g/mol. The standard InChI is InChI=1S/C16H11Cl2N3O2/c1-21-13-5-3-2-4-10(13)15(22)14(16(21)23)20-19-9-6-7-11(17)12(18)8-9/h2-8,22H,1H3. The van der Waals surface area contributed by atoms with E-state index in [1.165, 1.54) is 10.6 Å². The van der Waals surface area contributed by atoms with Crippen LogP contribution in [-0.2, 0) is 7.05 Å². The minimum atomic E-state index is -0.440. The Morgan fingerprint density at radius 2 is 1.78 bits per heavy atom. The molecule has 0 saturated carbocycles. The molecule has 0 spiro atoms. The summed E-state index contributed by atoms with van der Waals surface area (Å²) in [6, 6.07) is 11.7. The van der Waals surface area contributed by atoms with E-state index in [2.05, 4.69) is 10.2 Å². The molecule has 0 amide bonds. The average molecular weight is 348 g/mol. The Hall–Kier alpha value is -2.37. The molecule has 3 aromatic rings. The number of nitrogens with zero attached hydrogens (tertiary/aromatic N) is 3. The van der Waals surface area contributed by atoms with E-state index in [0.717, 1.165) is 0 Å². The molecule has 0 aliphatic rings. The van der Waals surface area contributed by atoms with Crippen molar-refractivity contribution in [3.63, 3.8) is 0 Å². The normalized spacial score (nSPS) is 11.4. The topological polar surface area (TPSA) is 67.0 Å². The van der Waals surface area contributed by atoms with Gasteiger partial charge in [-0.15, -0.1) is 5.11 Å². The van der Waals surface area contributed by atoms with Gasteiger partial charge in [-0.25, -0.2) is 0 Å². The summed E-state index contributed by atoms with van der Waals surface area (Å²) >= 11 is 11.7. The van der Waals surface area contributed by atoms with E-state index in [-0.39, 0.29) is 11.4 Å². The molecular weight excluding hydrogens is 337 g/mol. The highest BCUT2D eigenvalue weighted by molar-refractivity contribution is 6.42. The number of benzene rings is 2. The predicted octanol–water partition coefficient (Wildman–Crippen LogP) is 4.97. The number of aromatic nitrogens is 1. The van der Waals surface area contributed by atoms with Crippen LogP contribution in [0.3, 0.4) is 0 Å². The maximum Gasteiger partial charge on any atom is 0.282 e. The zero-order valence-corrected chi connectivity index (χ0v) is 13.5. The molecule has 1 N–H and O–H groups in total. The summed E-state index contributed by atoms with van der Waals surface area (Å²) in [7, 11) is 1.61. The van der Waals surface area contributed by atoms with E-state index in [1.807, 2.05) is 0 Å². The van der Waals surface area contributed by atoms with Crippen LogP contribution in [0, 0.1) is 0 Å². The predicted molar refractivity (Wildman–Crippen MR) is 91.5 cm³/mol. The Morgan fingerprint density at radius 1 is 1.04 bits per heavy atom. The van der Waals surface area contributed by atoms with Crippen LogP contribution in [0.5, 0.6) is 5.75 Å². The Balaban J connectivity index is 2.15. The first-order valence-electron chi connectivity index (χ1n) is 6.66. The second-order valence-electron chi connectivity index (χ2n) is 4.88. The number of para-hydroxylation sites is 1. The number of rotatable bonds is 2. The molecule has 0 radical (unpaired) electrons. The summed E-state index contributed by atoms with van der Waals surface area (Å²) < 4.78 is 1.41. The fourth-order valence-electron chi connectivity index (χ4n) is 2.21. The molecule has 0 aliphatic heterocycles. The van der Waals surface area contributed by atoms with E-state index < -0.39 is 5.56 Å². The van der Waals surface area contributed by atoms with Gasteiger partial charge in [-0.2, -0.15) is 5.11 Å². The number of hydrogen-bond donors (Lipinski definition) is 1. The van der Waals surface area contributed by atoms with Gasteiger partial charge in [0.25, 0.3) is 5.56 Å². The van der Waals surface area contributed by atoms with Gasteiger partial charge < -0.3 is 9.67 Å². The Labute approximate surface area is 141 Å². The van der Waals surface area contributed by atoms with Crippen molar-refractivity contribution in [2.45, 2.75) is 0 Å². The van der Waals surface area contributed by atoms with Crippen LogP contribution in [0.15, 0.2) is 57.5 Å². The fraction of sp³-hybridized carbons (Fsp3) is 0.0625. The van der Waals surface area contributed by atoms with Crippen LogP contribution < -0.4 is 5.56 Å². The molecule has 0 saturated heterocycles. The van der Waals surface area contributed by atoms with Crippen molar-refractivity contribution >= 4 is 45.5 Å². The molecule has 0 aliphatic carbocycles. The van der Waals surface area contributed by atoms with Gasteiger partial charge in [0.1, 0.15) is 0 Å². The Kier molecular flexibility index (Phi) is 4.07. The van der Waals surface area contributed by atoms with Gasteiger partial charge in [-0.3, -0.25) is 4.79 Å². The van der Waals surface area contributed by atoms with Crippen LogP contribution in [0.4, 0.5) is 11.4 Å². The lowest BCUT2D eigenvalue weighted by molar-refractivity contribution is 0.480. The molecule has 3 rings (SSSR count). The van der Waals surface area contributed by atoms with Crippen molar-refractivity contribution in [3.05, 3.63) is 62.9 Å². The number of pyridine rings is 1. The summed E-state index contributed by atoms with van der Waals surface area (Å²) in [5.41, 5.74) is 0.472. The number of fused-ring (bicyclic) bond motifs is 1. The molecule has 0 bridgehead atoms. The van der Waals surface area contributed by atoms with Crippen molar-refractivity contribution in [2.24, 2.45) is 17.3 Å².